The minimum Gasteiger partial charge on any atom is -0.478 e. The van der Waals surface area contributed by atoms with E-state index in [2.05, 4.69) is 6.08 Å². The number of hydrogen-bond acceptors (Lipinski definition) is 1. The molecule has 0 unspecified atom stereocenters. The zero-order chi connectivity index (χ0) is 12.8. The van der Waals surface area contributed by atoms with E-state index >= 15 is 0 Å². The summed E-state index contributed by atoms with van der Waals surface area (Å²) in [6.07, 6.45) is 13.8. The van der Waals surface area contributed by atoms with Crippen molar-refractivity contribution in [3.05, 3.63) is 23.8 Å². The summed E-state index contributed by atoms with van der Waals surface area (Å²) in [5, 5.41) is 8.68. The van der Waals surface area contributed by atoms with Gasteiger partial charge in [0.25, 0.3) is 0 Å². The molecule has 0 aromatic heterocycles. The number of carboxylic acids is 1. The Morgan fingerprint density at radius 3 is 2.00 bits per heavy atom. The molecule has 4 aliphatic carbocycles. The number of allylic oxidation sites excluding steroid dienone is 3. The normalized spacial score (nSPS) is 42.7. The Kier molecular flexibility index (Phi) is 2.84. The summed E-state index contributed by atoms with van der Waals surface area (Å²) >= 11 is 0. The molecule has 0 spiro atoms. The van der Waals surface area contributed by atoms with Gasteiger partial charge in [0, 0.05) is 6.08 Å². The lowest BCUT2D eigenvalue weighted by Gasteiger charge is -2.56. The van der Waals surface area contributed by atoms with Crippen LogP contribution in [0.15, 0.2) is 23.8 Å². The first kappa shape index (κ1) is 12.0. The minimum atomic E-state index is -0.853. The van der Waals surface area contributed by atoms with Crippen LogP contribution in [0.3, 0.4) is 0 Å². The average molecular weight is 246 g/mol. The largest absolute Gasteiger partial charge is 0.478 e. The maximum absolute atomic E-state index is 10.6. The molecule has 4 bridgehead atoms. The molecule has 18 heavy (non-hydrogen) atoms. The lowest BCUT2D eigenvalue weighted by Crippen LogP contribution is -2.45. The second kappa shape index (κ2) is 4.25. The number of carboxylic acid groups (broad SMARTS) is 1. The maximum atomic E-state index is 10.6. The summed E-state index contributed by atoms with van der Waals surface area (Å²) in [6.45, 7) is 2.04. The van der Waals surface area contributed by atoms with Crippen LogP contribution in [-0.4, -0.2) is 11.1 Å². The lowest BCUT2D eigenvalue weighted by molar-refractivity contribution is -0.131. The van der Waals surface area contributed by atoms with Crippen LogP contribution in [0.1, 0.15) is 45.4 Å². The van der Waals surface area contributed by atoms with Crippen LogP contribution in [0.4, 0.5) is 0 Å². The monoisotopic (exact) mass is 246 g/mol. The average Bonchev–Trinajstić information content (AvgIpc) is 2.23. The molecular formula is C16H22O2. The van der Waals surface area contributed by atoms with Gasteiger partial charge in [-0.25, -0.2) is 4.79 Å². The molecule has 1 N–H and O–H groups in total. The Morgan fingerprint density at radius 2 is 1.56 bits per heavy atom. The van der Waals surface area contributed by atoms with Gasteiger partial charge in [0.05, 0.1) is 0 Å². The standard InChI is InChI=1S/C16H22O2/c1-11(2-3-15(17)18)7-16-8-12-4-13(9-16)6-14(5-12)10-16/h2-3,7,12-14H,4-6,8-10H2,1H3,(H,17,18)/b3-2+,11-7+. The number of carbonyl (C=O) groups is 1. The molecule has 0 saturated heterocycles. The van der Waals surface area contributed by atoms with Crippen molar-refractivity contribution < 1.29 is 9.90 Å². The van der Waals surface area contributed by atoms with Crippen molar-refractivity contribution in [2.24, 2.45) is 23.2 Å². The highest BCUT2D eigenvalue weighted by Crippen LogP contribution is 2.60. The van der Waals surface area contributed by atoms with Gasteiger partial charge < -0.3 is 5.11 Å². The molecule has 0 aliphatic heterocycles. The van der Waals surface area contributed by atoms with Gasteiger partial charge >= 0.3 is 5.97 Å². The summed E-state index contributed by atoms with van der Waals surface area (Å²) in [5.41, 5.74) is 1.53. The maximum Gasteiger partial charge on any atom is 0.328 e. The molecular weight excluding hydrogens is 224 g/mol. The number of rotatable bonds is 3. The van der Waals surface area contributed by atoms with Gasteiger partial charge in [0.2, 0.25) is 0 Å². The summed E-state index contributed by atoms with van der Waals surface area (Å²) in [6, 6.07) is 0. The van der Waals surface area contributed by atoms with E-state index in [4.69, 9.17) is 5.11 Å². The highest BCUT2D eigenvalue weighted by atomic mass is 16.4. The highest BCUT2D eigenvalue weighted by molar-refractivity contribution is 5.80. The van der Waals surface area contributed by atoms with Gasteiger partial charge in [0.15, 0.2) is 0 Å². The van der Waals surface area contributed by atoms with E-state index in [-0.39, 0.29) is 0 Å². The Morgan fingerprint density at radius 1 is 1.06 bits per heavy atom. The second-order valence-electron chi connectivity index (χ2n) is 6.84. The smallest absolute Gasteiger partial charge is 0.328 e. The molecule has 4 rings (SSSR count). The summed E-state index contributed by atoms with van der Waals surface area (Å²) in [7, 11) is 0. The van der Waals surface area contributed by atoms with Crippen molar-refractivity contribution in [3.8, 4) is 0 Å². The molecule has 0 atom stereocenters. The molecule has 2 nitrogen and oxygen atoms in total. The van der Waals surface area contributed by atoms with Gasteiger partial charge in [-0.2, -0.15) is 0 Å². The zero-order valence-electron chi connectivity index (χ0n) is 11.1. The minimum absolute atomic E-state index is 0.404. The van der Waals surface area contributed by atoms with E-state index in [9.17, 15) is 4.79 Å². The molecule has 2 heteroatoms. The predicted molar refractivity (Wildman–Crippen MR) is 71.1 cm³/mol. The van der Waals surface area contributed by atoms with Crippen LogP contribution in [0.5, 0.6) is 0 Å². The SMILES string of the molecule is CC(/C=C/C(=O)O)=C\C12CC3CC(CC(C3)C1)C2. The van der Waals surface area contributed by atoms with Gasteiger partial charge in [0.1, 0.15) is 0 Å². The Bertz CT molecular complexity index is 382. The zero-order valence-corrected chi connectivity index (χ0v) is 11.1. The number of aliphatic carboxylic acids is 1. The third-order valence-corrected chi connectivity index (χ3v) is 5.11. The third-order valence-electron chi connectivity index (χ3n) is 5.11. The van der Waals surface area contributed by atoms with Crippen molar-refractivity contribution >= 4 is 5.97 Å². The predicted octanol–water partition coefficient (Wildman–Crippen LogP) is 3.79. The summed E-state index contributed by atoms with van der Waals surface area (Å²) in [4.78, 5) is 10.6. The van der Waals surface area contributed by atoms with Crippen LogP contribution >= 0.6 is 0 Å². The van der Waals surface area contributed by atoms with Crippen LogP contribution in [0.25, 0.3) is 0 Å². The van der Waals surface area contributed by atoms with Crippen LogP contribution in [-0.2, 0) is 4.79 Å². The first-order valence-electron chi connectivity index (χ1n) is 7.15. The fourth-order valence-electron chi connectivity index (χ4n) is 5.09. The van der Waals surface area contributed by atoms with E-state index in [0.29, 0.717) is 5.41 Å². The molecule has 98 valence electrons. The van der Waals surface area contributed by atoms with E-state index in [1.165, 1.54) is 44.6 Å². The van der Waals surface area contributed by atoms with Crippen molar-refractivity contribution in [2.45, 2.75) is 45.4 Å². The van der Waals surface area contributed by atoms with Crippen LogP contribution < -0.4 is 0 Å². The molecule has 0 heterocycles. The van der Waals surface area contributed by atoms with E-state index in [1.54, 1.807) is 6.08 Å². The molecule has 4 aliphatic rings. The second-order valence-corrected chi connectivity index (χ2v) is 6.84. The Balaban J connectivity index is 1.79. The third kappa shape index (κ3) is 2.25. The number of hydrogen-bond donors (Lipinski definition) is 1. The molecule has 0 amide bonds. The molecule has 4 fully saturated rings. The molecule has 0 radical (unpaired) electrons. The van der Waals surface area contributed by atoms with Gasteiger partial charge in [-0.05, 0) is 68.6 Å². The summed E-state index contributed by atoms with van der Waals surface area (Å²) in [5.74, 6) is 1.99. The summed E-state index contributed by atoms with van der Waals surface area (Å²) < 4.78 is 0. The van der Waals surface area contributed by atoms with Gasteiger partial charge in [-0.15, -0.1) is 0 Å². The highest BCUT2D eigenvalue weighted by Gasteiger charge is 2.49. The van der Waals surface area contributed by atoms with Crippen molar-refractivity contribution in [2.75, 3.05) is 0 Å². The van der Waals surface area contributed by atoms with E-state index in [0.717, 1.165) is 23.3 Å². The molecule has 0 aromatic rings. The first-order chi connectivity index (χ1) is 8.55. The van der Waals surface area contributed by atoms with Gasteiger partial charge in [-0.1, -0.05) is 17.7 Å². The topological polar surface area (TPSA) is 37.3 Å². The van der Waals surface area contributed by atoms with E-state index in [1.807, 2.05) is 6.92 Å². The Hall–Kier alpha value is -1.05. The Labute approximate surface area is 109 Å². The van der Waals surface area contributed by atoms with Crippen molar-refractivity contribution in [1.82, 2.24) is 0 Å². The fraction of sp³-hybridized carbons (Fsp3) is 0.688. The van der Waals surface area contributed by atoms with Crippen LogP contribution in [0.2, 0.25) is 0 Å². The van der Waals surface area contributed by atoms with Crippen molar-refractivity contribution in [1.29, 1.82) is 0 Å². The van der Waals surface area contributed by atoms with Gasteiger partial charge in [-0.3, -0.25) is 0 Å². The van der Waals surface area contributed by atoms with Crippen molar-refractivity contribution in [3.63, 3.8) is 0 Å². The molecule has 0 aromatic carbocycles. The van der Waals surface area contributed by atoms with Crippen LogP contribution in [0, 0.1) is 23.2 Å². The lowest BCUT2D eigenvalue weighted by atomic mass is 9.49. The van der Waals surface area contributed by atoms with E-state index < -0.39 is 5.97 Å². The fourth-order valence-corrected chi connectivity index (χ4v) is 5.09. The first-order valence-corrected chi connectivity index (χ1v) is 7.15. The quantitative estimate of drug-likeness (QED) is 0.607. The molecule has 4 saturated carbocycles.